The first-order valence-electron chi connectivity index (χ1n) is 3.54. The fourth-order valence-corrected chi connectivity index (χ4v) is 1.10. The Balaban J connectivity index is 2.18. The van der Waals surface area contributed by atoms with Crippen molar-refractivity contribution in [3.05, 3.63) is 12.3 Å². The van der Waals surface area contributed by atoms with Gasteiger partial charge in [-0.05, 0) is 32.0 Å². The lowest BCUT2D eigenvalue weighted by atomic mass is 10.1. The van der Waals surface area contributed by atoms with Crippen molar-refractivity contribution in [3.63, 3.8) is 0 Å². The molecule has 1 aliphatic rings. The zero-order valence-corrected chi connectivity index (χ0v) is 5.64. The molecule has 9 heavy (non-hydrogen) atoms. The second-order valence-electron chi connectivity index (χ2n) is 2.42. The standard InChI is InChI=1S/C7H14N2/c8-5-4-7-3-1-2-6-9-7/h2,6-7,9H,1,3-5,8H2. The maximum atomic E-state index is 5.40. The summed E-state index contributed by atoms with van der Waals surface area (Å²) < 4.78 is 0. The molecule has 3 N–H and O–H groups in total. The maximum Gasteiger partial charge on any atom is 0.0270 e. The molecule has 0 aromatic heterocycles. The molecule has 0 spiro atoms. The molecule has 0 saturated heterocycles. The second kappa shape index (κ2) is 3.51. The van der Waals surface area contributed by atoms with Crippen molar-refractivity contribution in [2.24, 2.45) is 5.73 Å². The first-order valence-corrected chi connectivity index (χ1v) is 3.54. The zero-order valence-electron chi connectivity index (χ0n) is 5.64. The lowest BCUT2D eigenvalue weighted by molar-refractivity contribution is 0.498. The van der Waals surface area contributed by atoms with Crippen LogP contribution in [0.4, 0.5) is 0 Å². The summed E-state index contributed by atoms with van der Waals surface area (Å²) in [5, 5.41) is 3.26. The minimum atomic E-state index is 0.639. The number of allylic oxidation sites excluding steroid dienone is 1. The molecule has 1 rings (SSSR count). The summed E-state index contributed by atoms with van der Waals surface area (Å²) in [5.41, 5.74) is 5.40. The molecule has 1 unspecified atom stereocenters. The van der Waals surface area contributed by atoms with E-state index in [0.717, 1.165) is 13.0 Å². The summed E-state index contributed by atoms with van der Waals surface area (Å²) in [7, 11) is 0. The van der Waals surface area contributed by atoms with Gasteiger partial charge in [-0.1, -0.05) is 6.08 Å². The highest BCUT2D eigenvalue weighted by molar-refractivity contribution is 4.89. The molecule has 0 radical (unpaired) electrons. The van der Waals surface area contributed by atoms with Crippen molar-refractivity contribution in [2.45, 2.75) is 25.3 Å². The topological polar surface area (TPSA) is 38.0 Å². The maximum absolute atomic E-state index is 5.40. The largest absolute Gasteiger partial charge is 0.388 e. The predicted octanol–water partition coefficient (Wildman–Crippen LogP) is 0.601. The SMILES string of the molecule is NCCC1CCC=CN1. The second-order valence-corrected chi connectivity index (χ2v) is 2.42. The van der Waals surface area contributed by atoms with E-state index in [0.29, 0.717) is 6.04 Å². The number of rotatable bonds is 2. The van der Waals surface area contributed by atoms with Crippen molar-refractivity contribution >= 4 is 0 Å². The Morgan fingerprint density at radius 3 is 3.11 bits per heavy atom. The van der Waals surface area contributed by atoms with Gasteiger partial charge in [-0.25, -0.2) is 0 Å². The summed E-state index contributed by atoms with van der Waals surface area (Å²) in [4.78, 5) is 0. The van der Waals surface area contributed by atoms with Crippen molar-refractivity contribution in [1.82, 2.24) is 5.32 Å². The minimum absolute atomic E-state index is 0.639. The van der Waals surface area contributed by atoms with Gasteiger partial charge in [0.1, 0.15) is 0 Å². The fourth-order valence-electron chi connectivity index (χ4n) is 1.10. The third-order valence-electron chi connectivity index (χ3n) is 1.65. The third kappa shape index (κ3) is 2.06. The summed E-state index contributed by atoms with van der Waals surface area (Å²) >= 11 is 0. The van der Waals surface area contributed by atoms with Gasteiger partial charge in [-0.3, -0.25) is 0 Å². The monoisotopic (exact) mass is 126 g/mol. The summed E-state index contributed by atoms with van der Waals surface area (Å²) in [6.07, 6.45) is 7.74. The van der Waals surface area contributed by atoms with Gasteiger partial charge in [-0.15, -0.1) is 0 Å². The Kier molecular flexibility index (Phi) is 2.58. The molecule has 52 valence electrons. The molecule has 0 aromatic rings. The van der Waals surface area contributed by atoms with Crippen LogP contribution in [0.1, 0.15) is 19.3 Å². The van der Waals surface area contributed by atoms with Gasteiger partial charge in [0.15, 0.2) is 0 Å². The van der Waals surface area contributed by atoms with Crippen LogP contribution < -0.4 is 11.1 Å². The number of hydrogen-bond donors (Lipinski definition) is 2. The van der Waals surface area contributed by atoms with E-state index in [2.05, 4.69) is 11.4 Å². The third-order valence-corrected chi connectivity index (χ3v) is 1.65. The molecule has 1 heterocycles. The first kappa shape index (κ1) is 6.62. The Morgan fingerprint density at radius 2 is 2.56 bits per heavy atom. The predicted molar refractivity (Wildman–Crippen MR) is 39.0 cm³/mol. The Hall–Kier alpha value is -0.500. The van der Waals surface area contributed by atoms with Crippen LogP contribution in [-0.2, 0) is 0 Å². The van der Waals surface area contributed by atoms with Crippen LogP contribution >= 0.6 is 0 Å². The average Bonchev–Trinajstić information content (AvgIpc) is 1.91. The average molecular weight is 126 g/mol. The number of nitrogens with one attached hydrogen (secondary N) is 1. The highest BCUT2D eigenvalue weighted by Gasteiger charge is 2.05. The van der Waals surface area contributed by atoms with Crippen molar-refractivity contribution < 1.29 is 0 Å². The normalized spacial score (nSPS) is 25.7. The van der Waals surface area contributed by atoms with Crippen LogP contribution in [0.5, 0.6) is 0 Å². The molecule has 0 aliphatic carbocycles. The lowest BCUT2D eigenvalue weighted by Crippen LogP contribution is -2.28. The van der Waals surface area contributed by atoms with E-state index >= 15 is 0 Å². The quantitative estimate of drug-likeness (QED) is 0.568. The van der Waals surface area contributed by atoms with Crippen LogP contribution in [0, 0.1) is 0 Å². The molecule has 2 heteroatoms. The summed E-state index contributed by atoms with van der Waals surface area (Å²) in [6, 6.07) is 0.639. The number of nitrogens with two attached hydrogens (primary N) is 1. The molecule has 0 fully saturated rings. The van der Waals surface area contributed by atoms with Gasteiger partial charge >= 0.3 is 0 Å². The zero-order chi connectivity index (χ0) is 6.53. The number of hydrogen-bond acceptors (Lipinski definition) is 2. The van der Waals surface area contributed by atoms with Gasteiger partial charge in [0.25, 0.3) is 0 Å². The van der Waals surface area contributed by atoms with Crippen LogP contribution in [-0.4, -0.2) is 12.6 Å². The van der Waals surface area contributed by atoms with Gasteiger partial charge in [0.2, 0.25) is 0 Å². The van der Waals surface area contributed by atoms with Gasteiger partial charge in [0, 0.05) is 6.04 Å². The van der Waals surface area contributed by atoms with Gasteiger partial charge in [0.05, 0.1) is 0 Å². The minimum Gasteiger partial charge on any atom is -0.388 e. The van der Waals surface area contributed by atoms with Crippen molar-refractivity contribution in [3.8, 4) is 0 Å². The molecule has 0 bridgehead atoms. The van der Waals surface area contributed by atoms with E-state index in [-0.39, 0.29) is 0 Å². The van der Waals surface area contributed by atoms with Crippen LogP contribution in [0.3, 0.4) is 0 Å². The highest BCUT2D eigenvalue weighted by atomic mass is 14.9. The van der Waals surface area contributed by atoms with E-state index in [1.165, 1.54) is 12.8 Å². The summed E-state index contributed by atoms with van der Waals surface area (Å²) in [5.74, 6) is 0. The smallest absolute Gasteiger partial charge is 0.0270 e. The van der Waals surface area contributed by atoms with Crippen LogP contribution in [0.15, 0.2) is 12.3 Å². The van der Waals surface area contributed by atoms with E-state index in [9.17, 15) is 0 Å². The molecular formula is C7H14N2. The first-order chi connectivity index (χ1) is 4.43. The molecular weight excluding hydrogens is 112 g/mol. The summed E-state index contributed by atoms with van der Waals surface area (Å²) in [6.45, 7) is 0.797. The molecule has 2 nitrogen and oxygen atoms in total. The molecule has 0 saturated carbocycles. The Morgan fingerprint density at radius 1 is 1.67 bits per heavy atom. The van der Waals surface area contributed by atoms with Gasteiger partial charge in [-0.2, -0.15) is 0 Å². The Bertz CT molecular complexity index is 99.1. The van der Waals surface area contributed by atoms with Crippen LogP contribution in [0.25, 0.3) is 0 Å². The Labute approximate surface area is 56.1 Å². The van der Waals surface area contributed by atoms with Crippen LogP contribution in [0.2, 0.25) is 0 Å². The van der Waals surface area contributed by atoms with E-state index < -0.39 is 0 Å². The molecule has 1 aliphatic heterocycles. The molecule has 0 amide bonds. The van der Waals surface area contributed by atoms with E-state index in [4.69, 9.17) is 5.73 Å². The van der Waals surface area contributed by atoms with E-state index in [1.807, 2.05) is 6.20 Å². The van der Waals surface area contributed by atoms with Crippen molar-refractivity contribution in [2.75, 3.05) is 6.54 Å². The van der Waals surface area contributed by atoms with Crippen molar-refractivity contribution in [1.29, 1.82) is 0 Å². The fraction of sp³-hybridized carbons (Fsp3) is 0.714. The van der Waals surface area contributed by atoms with E-state index in [1.54, 1.807) is 0 Å². The lowest BCUT2D eigenvalue weighted by Gasteiger charge is -2.18. The molecule has 0 aromatic carbocycles. The van der Waals surface area contributed by atoms with Gasteiger partial charge < -0.3 is 11.1 Å². The highest BCUT2D eigenvalue weighted by Crippen LogP contribution is 2.05. The molecule has 1 atom stereocenters.